The zero-order valence-electron chi connectivity index (χ0n) is 21.3. The fourth-order valence-electron chi connectivity index (χ4n) is 6.49. The number of carbonyl (C=O) groups excluding carboxylic acids is 2. The van der Waals surface area contributed by atoms with Gasteiger partial charge in [-0.25, -0.2) is 0 Å². The van der Waals surface area contributed by atoms with Crippen LogP contribution in [-0.4, -0.2) is 34.1 Å². The number of hydrogen-bond acceptors (Lipinski definition) is 5. The second kappa shape index (κ2) is 10.8. The molecule has 1 aromatic carbocycles. The molecule has 3 N–H and O–H groups in total. The molecule has 2 aliphatic carbocycles. The van der Waals surface area contributed by atoms with E-state index in [-0.39, 0.29) is 46.9 Å². The number of nitrogens with one attached hydrogen (secondary N) is 2. The van der Waals surface area contributed by atoms with Crippen molar-refractivity contribution >= 4 is 11.8 Å². The van der Waals surface area contributed by atoms with E-state index < -0.39 is 6.10 Å². The molecule has 1 heterocycles. The maximum Gasteiger partial charge on any atom is 0.251 e. The summed E-state index contributed by atoms with van der Waals surface area (Å²) in [7, 11) is 0. The van der Waals surface area contributed by atoms with Gasteiger partial charge in [0.1, 0.15) is 0 Å². The second-order valence-corrected chi connectivity index (χ2v) is 10.9. The fraction of sp³-hybridized carbons (Fsp3) is 0.517. The van der Waals surface area contributed by atoms with Crippen LogP contribution in [0.5, 0.6) is 0 Å². The van der Waals surface area contributed by atoms with Crippen molar-refractivity contribution in [3.8, 4) is 6.07 Å². The average Bonchev–Trinajstić information content (AvgIpc) is 2.89. The maximum atomic E-state index is 13.0. The summed E-state index contributed by atoms with van der Waals surface area (Å²) in [5.41, 5.74) is 1.96. The Kier molecular flexibility index (Phi) is 7.75. The van der Waals surface area contributed by atoms with Crippen LogP contribution in [0.3, 0.4) is 0 Å². The number of hydrogen-bond donors (Lipinski definition) is 3. The quantitative estimate of drug-likeness (QED) is 0.572. The largest absolute Gasteiger partial charge is 0.392 e. The van der Waals surface area contributed by atoms with Crippen LogP contribution in [-0.2, 0) is 11.3 Å². The summed E-state index contributed by atoms with van der Waals surface area (Å²) in [6, 6.07) is 12.4. The first-order valence-electron chi connectivity index (χ1n) is 12.9. The van der Waals surface area contributed by atoms with E-state index in [0.717, 1.165) is 31.2 Å². The van der Waals surface area contributed by atoms with Gasteiger partial charge in [0.15, 0.2) is 0 Å². The Morgan fingerprint density at radius 1 is 1.22 bits per heavy atom. The van der Waals surface area contributed by atoms with Gasteiger partial charge in [0.2, 0.25) is 5.91 Å². The van der Waals surface area contributed by atoms with Gasteiger partial charge in [0.05, 0.1) is 17.7 Å². The highest BCUT2D eigenvalue weighted by atomic mass is 16.3. The zero-order valence-corrected chi connectivity index (χ0v) is 21.3. The lowest BCUT2D eigenvalue weighted by molar-refractivity contribution is -0.142. The molecule has 0 aliphatic heterocycles. The lowest BCUT2D eigenvalue weighted by Crippen LogP contribution is -2.58. The summed E-state index contributed by atoms with van der Waals surface area (Å²) in [6.07, 6.45) is 6.37. The molecule has 7 heteroatoms. The molecule has 36 heavy (non-hydrogen) atoms. The van der Waals surface area contributed by atoms with Gasteiger partial charge >= 0.3 is 0 Å². The van der Waals surface area contributed by atoms with E-state index in [1.54, 1.807) is 36.7 Å². The molecule has 0 radical (unpaired) electrons. The number of pyridine rings is 1. The van der Waals surface area contributed by atoms with Gasteiger partial charge < -0.3 is 15.7 Å². The lowest BCUT2D eigenvalue weighted by Gasteiger charge is -2.56. The maximum absolute atomic E-state index is 13.0. The molecule has 2 fully saturated rings. The molecule has 2 amide bonds. The number of nitriles is 1. The number of carbonyl (C=O) groups is 2. The van der Waals surface area contributed by atoms with E-state index >= 15 is 0 Å². The van der Waals surface area contributed by atoms with E-state index in [0.29, 0.717) is 17.7 Å². The topological polar surface area (TPSA) is 115 Å². The number of aliphatic hydroxyl groups excluding tert-OH is 1. The predicted octanol–water partition coefficient (Wildman–Crippen LogP) is 3.83. The minimum Gasteiger partial charge on any atom is -0.392 e. The Labute approximate surface area is 213 Å². The molecule has 0 saturated heterocycles. The summed E-state index contributed by atoms with van der Waals surface area (Å²) < 4.78 is 0. The van der Waals surface area contributed by atoms with Gasteiger partial charge in [0.25, 0.3) is 5.91 Å². The Morgan fingerprint density at radius 2 is 1.94 bits per heavy atom. The fourth-order valence-corrected chi connectivity index (χ4v) is 6.49. The SMILES string of the molecule is C[C@H]1[C@@H]2[C@@H](O)[C@H]([C@H](C)C(=O)NCc3cccnc3)CC[C@@]2(C)CC[C@@H]1NC(=O)c1ccc(C#N)cc1. The molecule has 0 unspecified atom stereocenters. The van der Waals surface area contributed by atoms with E-state index in [4.69, 9.17) is 5.26 Å². The van der Waals surface area contributed by atoms with Crippen LogP contribution in [0.4, 0.5) is 0 Å². The first-order chi connectivity index (χ1) is 17.2. The smallest absolute Gasteiger partial charge is 0.251 e. The molecule has 2 aliphatic rings. The summed E-state index contributed by atoms with van der Waals surface area (Å²) in [5, 5.41) is 26.8. The number of amides is 2. The molecule has 4 rings (SSSR count). The molecule has 1 aromatic heterocycles. The van der Waals surface area contributed by atoms with Gasteiger partial charge in [0, 0.05) is 36.5 Å². The van der Waals surface area contributed by atoms with Crippen molar-refractivity contribution in [1.82, 2.24) is 15.6 Å². The van der Waals surface area contributed by atoms with Crippen molar-refractivity contribution in [2.75, 3.05) is 0 Å². The molecule has 0 spiro atoms. The minimum atomic E-state index is -0.618. The second-order valence-electron chi connectivity index (χ2n) is 10.9. The minimum absolute atomic E-state index is 0.00941. The number of aliphatic hydroxyl groups is 1. The third-order valence-electron chi connectivity index (χ3n) is 8.73. The van der Waals surface area contributed by atoms with Crippen molar-refractivity contribution in [2.45, 2.75) is 65.1 Å². The van der Waals surface area contributed by atoms with Crippen LogP contribution >= 0.6 is 0 Å². The summed E-state index contributed by atoms with van der Waals surface area (Å²) in [6.45, 7) is 6.69. The third kappa shape index (κ3) is 5.29. The Balaban J connectivity index is 1.42. The van der Waals surface area contributed by atoms with Gasteiger partial charge in [-0.1, -0.05) is 26.8 Å². The number of fused-ring (bicyclic) bond motifs is 1. The van der Waals surface area contributed by atoms with Crippen molar-refractivity contribution in [3.05, 3.63) is 65.5 Å². The summed E-state index contributed by atoms with van der Waals surface area (Å²) >= 11 is 0. The van der Waals surface area contributed by atoms with Gasteiger partial charge in [-0.2, -0.15) is 5.26 Å². The normalized spacial score (nSPS) is 30.4. The monoisotopic (exact) mass is 488 g/mol. The summed E-state index contributed by atoms with van der Waals surface area (Å²) in [4.78, 5) is 30.0. The van der Waals surface area contributed by atoms with Crippen LogP contribution in [0.15, 0.2) is 48.8 Å². The van der Waals surface area contributed by atoms with E-state index in [2.05, 4.69) is 35.5 Å². The number of nitrogens with zero attached hydrogens (tertiary/aromatic N) is 2. The zero-order chi connectivity index (χ0) is 25.9. The van der Waals surface area contributed by atoms with Crippen LogP contribution in [0.2, 0.25) is 0 Å². The van der Waals surface area contributed by atoms with Crippen molar-refractivity contribution < 1.29 is 14.7 Å². The molecular weight excluding hydrogens is 452 g/mol. The molecule has 0 bridgehead atoms. The van der Waals surface area contributed by atoms with Crippen LogP contribution < -0.4 is 10.6 Å². The van der Waals surface area contributed by atoms with Crippen molar-refractivity contribution in [3.63, 3.8) is 0 Å². The molecule has 2 aromatic rings. The van der Waals surface area contributed by atoms with Crippen molar-refractivity contribution in [2.24, 2.45) is 29.1 Å². The molecular formula is C29H36N4O3. The predicted molar refractivity (Wildman–Crippen MR) is 136 cm³/mol. The van der Waals surface area contributed by atoms with Gasteiger partial charge in [-0.15, -0.1) is 0 Å². The Morgan fingerprint density at radius 3 is 2.61 bits per heavy atom. The average molecular weight is 489 g/mol. The van der Waals surface area contributed by atoms with E-state index in [9.17, 15) is 14.7 Å². The first kappa shape index (κ1) is 25.8. The molecule has 7 nitrogen and oxygen atoms in total. The number of rotatable bonds is 6. The number of aromatic nitrogens is 1. The molecule has 7 atom stereocenters. The van der Waals surface area contributed by atoms with Crippen LogP contribution in [0.25, 0.3) is 0 Å². The Hall–Kier alpha value is -3.24. The number of benzene rings is 1. The first-order valence-corrected chi connectivity index (χ1v) is 12.9. The third-order valence-corrected chi connectivity index (χ3v) is 8.73. The van der Waals surface area contributed by atoms with Gasteiger partial charge in [-0.05, 0) is 84.7 Å². The molecule has 2 saturated carbocycles. The summed E-state index contributed by atoms with van der Waals surface area (Å²) in [5.74, 6) is -0.612. The highest BCUT2D eigenvalue weighted by Crippen LogP contribution is 2.55. The van der Waals surface area contributed by atoms with Gasteiger partial charge in [-0.3, -0.25) is 14.6 Å². The highest BCUT2D eigenvalue weighted by Gasteiger charge is 2.53. The highest BCUT2D eigenvalue weighted by molar-refractivity contribution is 5.94. The van der Waals surface area contributed by atoms with Crippen molar-refractivity contribution in [1.29, 1.82) is 5.26 Å². The van der Waals surface area contributed by atoms with Crippen LogP contribution in [0, 0.1) is 40.4 Å². The van der Waals surface area contributed by atoms with Crippen LogP contribution in [0.1, 0.15) is 67.9 Å². The Bertz CT molecular complexity index is 1110. The lowest BCUT2D eigenvalue weighted by atomic mass is 9.51. The van der Waals surface area contributed by atoms with E-state index in [1.807, 2.05) is 19.1 Å². The standard InChI is InChI=1S/C29H36N4O3/c1-18(27(35)32-17-21-5-4-14-31-16-21)23-10-12-29(3)13-11-24(19(2)25(29)26(23)34)33-28(36)22-8-6-20(15-30)7-9-22/h4-9,14,16,18-19,23-26,34H,10-13,17H2,1-3H3,(H,32,35)(H,33,36)/t18-,19+,23-,24-,25+,26-,29-/m0/s1. The molecule has 190 valence electrons. The van der Waals surface area contributed by atoms with E-state index in [1.165, 1.54) is 0 Å².